The van der Waals surface area contributed by atoms with Crippen LogP contribution in [0.2, 0.25) is 0 Å². The number of rotatable bonds is 4. The van der Waals surface area contributed by atoms with Gasteiger partial charge in [0.2, 0.25) is 0 Å². The average Bonchev–Trinajstić information content (AvgIpc) is 2.11. The summed E-state index contributed by atoms with van der Waals surface area (Å²) in [6.45, 7) is 3.98. The first-order chi connectivity index (χ1) is 8.00. The van der Waals surface area contributed by atoms with E-state index in [4.69, 9.17) is 9.05 Å². The van der Waals surface area contributed by atoms with Crippen LogP contribution < -0.4 is 0 Å². The van der Waals surface area contributed by atoms with Crippen LogP contribution in [-0.2, 0) is 13.6 Å². The summed E-state index contributed by atoms with van der Waals surface area (Å²) in [6, 6.07) is 0. The zero-order valence-corrected chi connectivity index (χ0v) is 11.7. The van der Waals surface area contributed by atoms with Crippen LogP contribution in [0.25, 0.3) is 0 Å². The van der Waals surface area contributed by atoms with Gasteiger partial charge in [0.1, 0.15) is 0 Å². The molecule has 0 aromatic carbocycles. The lowest BCUT2D eigenvalue weighted by Gasteiger charge is -2.56. The van der Waals surface area contributed by atoms with Crippen molar-refractivity contribution in [2.75, 3.05) is 13.3 Å². The van der Waals surface area contributed by atoms with Gasteiger partial charge in [-0.3, -0.25) is 4.57 Å². The lowest BCUT2D eigenvalue weighted by molar-refractivity contribution is -0.112. The van der Waals surface area contributed by atoms with Crippen LogP contribution in [0.5, 0.6) is 0 Å². The van der Waals surface area contributed by atoms with E-state index in [1.54, 1.807) is 6.66 Å². The molecule has 4 bridgehead atoms. The van der Waals surface area contributed by atoms with E-state index < -0.39 is 7.60 Å². The van der Waals surface area contributed by atoms with Crippen molar-refractivity contribution in [3.8, 4) is 0 Å². The summed E-state index contributed by atoms with van der Waals surface area (Å²) >= 11 is 0. The Morgan fingerprint density at radius 1 is 1.12 bits per heavy atom. The molecule has 0 radical (unpaired) electrons. The SMILES string of the molecule is CCOP(C)(=O)OC12CC3CC(CC(C3)C1)C2. The van der Waals surface area contributed by atoms with Crippen molar-refractivity contribution in [3.05, 3.63) is 0 Å². The fraction of sp³-hybridized carbons (Fsp3) is 1.00. The fourth-order valence-electron chi connectivity index (χ4n) is 4.76. The van der Waals surface area contributed by atoms with Gasteiger partial charge in [0, 0.05) is 6.66 Å². The van der Waals surface area contributed by atoms with Gasteiger partial charge in [-0.05, 0) is 63.2 Å². The van der Waals surface area contributed by atoms with Crippen LogP contribution >= 0.6 is 7.60 Å². The minimum atomic E-state index is -2.84. The molecule has 4 fully saturated rings. The van der Waals surface area contributed by atoms with Gasteiger partial charge in [-0.2, -0.15) is 0 Å². The van der Waals surface area contributed by atoms with Gasteiger partial charge < -0.3 is 9.05 Å². The van der Waals surface area contributed by atoms with Crippen LogP contribution in [0, 0.1) is 17.8 Å². The highest BCUT2D eigenvalue weighted by Crippen LogP contribution is 2.62. The summed E-state index contributed by atoms with van der Waals surface area (Å²) in [4.78, 5) is 0. The minimum Gasteiger partial charge on any atom is -0.309 e. The van der Waals surface area contributed by atoms with Crippen molar-refractivity contribution in [1.82, 2.24) is 0 Å². The highest BCUT2D eigenvalue weighted by atomic mass is 31.2. The van der Waals surface area contributed by atoms with Gasteiger partial charge in [0.15, 0.2) is 0 Å². The predicted molar refractivity (Wildman–Crippen MR) is 67.1 cm³/mol. The summed E-state index contributed by atoms with van der Waals surface area (Å²) in [7, 11) is -2.84. The number of hydrogen-bond donors (Lipinski definition) is 0. The van der Waals surface area contributed by atoms with E-state index >= 15 is 0 Å². The van der Waals surface area contributed by atoms with Crippen molar-refractivity contribution in [3.63, 3.8) is 0 Å². The van der Waals surface area contributed by atoms with E-state index in [1.165, 1.54) is 19.3 Å². The summed E-state index contributed by atoms with van der Waals surface area (Å²) in [5.74, 6) is 2.47. The largest absolute Gasteiger partial charge is 0.328 e. The molecule has 1 atom stereocenters. The van der Waals surface area contributed by atoms with Crippen LogP contribution in [0.1, 0.15) is 45.4 Å². The molecule has 98 valence electrons. The van der Waals surface area contributed by atoms with Crippen molar-refractivity contribution < 1.29 is 13.6 Å². The van der Waals surface area contributed by atoms with E-state index in [2.05, 4.69) is 0 Å². The third-order valence-corrected chi connectivity index (χ3v) is 6.15. The zero-order valence-electron chi connectivity index (χ0n) is 10.9. The summed E-state index contributed by atoms with van der Waals surface area (Å²) in [6.07, 6.45) is 7.49. The molecule has 4 aliphatic carbocycles. The molecule has 17 heavy (non-hydrogen) atoms. The van der Waals surface area contributed by atoms with Crippen LogP contribution in [0.4, 0.5) is 0 Å². The molecule has 0 N–H and O–H groups in total. The molecule has 0 spiro atoms. The molecule has 0 aromatic heterocycles. The molecular formula is C13H23O3P. The maximum atomic E-state index is 12.3. The first-order valence-corrected chi connectivity index (χ1v) is 8.92. The van der Waals surface area contributed by atoms with Gasteiger partial charge >= 0.3 is 7.60 Å². The van der Waals surface area contributed by atoms with Gasteiger partial charge in [-0.25, -0.2) is 0 Å². The Labute approximate surface area is 104 Å². The Morgan fingerprint density at radius 3 is 2.00 bits per heavy atom. The lowest BCUT2D eigenvalue weighted by Crippen LogP contribution is -2.51. The second kappa shape index (κ2) is 4.08. The van der Waals surface area contributed by atoms with E-state index in [9.17, 15) is 4.57 Å². The lowest BCUT2D eigenvalue weighted by atomic mass is 9.54. The van der Waals surface area contributed by atoms with Gasteiger partial charge in [-0.15, -0.1) is 0 Å². The Bertz CT molecular complexity index is 317. The standard InChI is InChI=1S/C13H23O3P/c1-3-15-17(2,14)16-13-7-10-4-11(8-13)6-12(5-10)9-13/h10-12H,3-9H2,1-2H3. The third-order valence-electron chi connectivity index (χ3n) is 4.71. The summed E-state index contributed by atoms with van der Waals surface area (Å²) < 4.78 is 23.6. The molecule has 0 heterocycles. The topological polar surface area (TPSA) is 35.5 Å². The normalized spacial score (nSPS) is 47.1. The Balaban J connectivity index is 1.76. The van der Waals surface area contributed by atoms with Crippen molar-refractivity contribution >= 4 is 7.60 Å². The molecule has 1 unspecified atom stereocenters. The van der Waals surface area contributed by atoms with E-state index in [1.807, 2.05) is 6.92 Å². The zero-order chi connectivity index (χ0) is 12.1. The van der Waals surface area contributed by atoms with Gasteiger partial charge in [0.05, 0.1) is 12.2 Å². The molecule has 4 rings (SSSR count). The average molecular weight is 258 g/mol. The quantitative estimate of drug-likeness (QED) is 0.719. The first-order valence-electron chi connectivity index (χ1n) is 6.93. The maximum absolute atomic E-state index is 12.3. The van der Waals surface area contributed by atoms with E-state index in [0.717, 1.165) is 37.0 Å². The molecule has 0 saturated heterocycles. The highest BCUT2D eigenvalue weighted by molar-refractivity contribution is 7.53. The molecule has 0 aliphatic heterocycles. The van der Waals surface area contributed by atoms with E-state index in [-0.39, 0.29) is 5.60 Å². The van der Waals surface area contributed by atoms with Crippen LogP contribution in [0.3, 0.4) is 0 Å². The molecular weight excluding hydrogens is 235 g/mol. The van der Waals surface area contributed by atoms with Gasteiger partial charge in [0.25, 0.3) is 0 Å². The van der Waals surface area contributed by atoms with Crippen molar-refractivity contribution in [2.45, 2.75) is 51.0 Å². The summed E-state index contributed by atoms with van der Waals surface area (Å²) in [5, 5.41) is 0. The maximum Gasteiger partial charge on any atom is 0.328 e. The molecule has 3 nitrogen and oxygen atoms in total. The Kier molecular flexibility index (Phi) is 2.93. The molecule has 4 heteroatoms. The second-order valence-corrected chi connectivity index (χ2v) is 8.36. The number of hydrogen-bond acceptors (Lipinski definition) is 3. The predicted octanol–water partition coefficient (Wildman–Crippen LogP) is 3.83. The highest BCUT2D eigenvalue weighted by Gasteiger charge is 2.53. The smallest absolute Gasteiger partial charge is 0.309 e. The monoisotopic (exact) mass is 258 g/mol. The van der Waals surface area contributed by atoms with Crippen LogP contribution in [0.15, 0.2) is 0 Å². The van der Waals surface area contributed by atoms with Gasteiger partial charge in [-0.1, -0.05) is 0 Å². The third kappa shape index (κ3) is 2.34. The second-order valence-electron chi connectivity index (χ2n) is 6.38. The van der Waals surface area contributed by atoms with Crippen molar-refractivity contribution in [1.29, 1.82) is 0 Å². The molecule has 0 aromatic rings. The first kappa shape index (κ1) is 12.2. The van der Waals surface area contributed by atoms with E-state index in [0.29, 0.717) is 6.61 Å². The fourth-order valence-corrected chi connectivity index (χ4v) is 6.20. The Hall–Kier alpha value is 0.150. The minimum absolute atomic E-state index is 0.103. The molecule has 4 saturated carbocycles. The summed E-state index contributed by atoms with van der Waals surface area (Å²) in [5.41, 5.74) is -0.103. The van der Waals surface area contributed by atoms with Crippen LogP contribution in [-0.4, -0.2) is 18.9 Å². The van der Waals surface area contributed by atoms with Crippen molar-refractivity contribution in [2.24, 2.45) is 17.8 Å². The molecule has 0 amide bonds. The Morgan fingerprint density at radius 2 is 1.59 bits per heavy atom. The molecule has 4 aliphatic rings.